The van der Waals surface area contributed by atoms with Crippen LogP contribution in [0.1, 0.15) is 11.5 Å². The van der Waals surface area contributed by atoms with Gasteiger partial charge in [-0.15, -0.1) is 0 Å². The predicted molar refractivity (Wildman–Crippen MR) is 85.8 cm³/mol. The first-order valence-electron chi connectivity index (χ1n) is 7.48. The van der Waals surface area contributed by atoms with Gasteiger partial charge in [0.05, 0.1) is 17.6 Å². The molecule has 6 nitrogen and oxygen atoms in total. The van der Waals surface area contributed by atoms with Crippen LogP contribution >= 0.6 is 0 Å². The van der Waals surface area contributed by atoms with Gasteiger partial charge in [-0.1, -0.05) is 35.5 Å². The van der Waals surface area contributed by atoms with Crippen molar-refractivity contribution in [3.8, 4) is 11.3 Å². The highest BCUT2D eigenvalue weighted by molar-refractivity contribution is 7.90. The average Bonchev–Trinajstić information content (AvgIpc) is 3.13. The molecule has 0 fully saturated rings. The Kier molecular flexibility index (Phi) is 4.61. The van der Waals surface area contributed by atoms with Gasteiger partial charge in [-0.05, 0) is 12.5 Å². The molecular formula is C16H14F3N3O3S. The summed E-state index contributed by atoms with van der Waals surface area (Å²) < 4.78 is 69.9. The van der Waals surface area contributed by atoms with Crippen LogP contribution in [0.4, 0.5) is 13.2 Å². The number of imidazole rings is 1. The minimum atomic E-state index is -4.61. The van der Waals surface area contributed by atoms with Crippen molar-refractivity contribution in [2.75, 3.05) is 0 Å². The Hall–Kier alpha value is -2.62. The summed E-state index contributed by atoms with van der Waals surface area (Å²) >= 11 is 0. The molecule has 0 aliphatic heterocycles. The lowest BCUT2D eigenvalue weighted by Crippen LogP contribution is -2.22. The largest absolute Gasteiger partial charge is 0.406 e. The van der Waals surface area contributed by atoms with E-state index in [1.165, 1.54) is 6.07 Å². The minimum Gasteiger partial charge on any atom is -0.360 e. The van der Waals surface area contributed by atoms with Crippen LogP contribution in [0.25, 0.3) is 11.3 Å². The molecule has 3 aromatic rings. The van der Waals surface area contributed by atoms with Gasteiger partial charge in [-0.3, -0.25) is 0 Å². The van der Waals surface area contributed by atoms with Crippen molar-refractivity contribution in [1.82, 2.24) is 14.7 Å². The molecule has 2 heterocycles. The average molecular weight is 385 g/mol. The van der Waals surface area contributed by atoms with E-state index in [4.69, 9.17) is 4.52 Å². The van der Waals surface area contributed by atoms with Crippen LogP contribution in [0.3, 0.4) is 0 Å². The van der Waals surface area contributed by atoms with E-state index in [0.29, 0.717) is 15.8 Å². The lowest BCUT2D eigenvalue weighted by Gasteiger charge is -2.14. The Morgan fingerprint density at radius 2 is 1.88 bits per heavy atom. The van der Waals surface area contributed by atoms with Gasteiger partial charge in [0.1, 0.15) is 12.3 Å². The van der Waals surface area contributed by atoms with Gasteiger partial charge in [-0.25, -0.2) is 13.4 Å². The summed E-state index contributed by atoms with van der Waals surface area (Å²) in [5.41, 5.74) is 0.968. The van der Waals surface area contributed by atoms with E-state index in [-0.39, 0.29) is 11.5 Å². The zero-order valence-electron chi connectivity index (χ0n) is 13.6. The summed E-state index contributed by atoms with van der Waals surface area (Å²) in [6, 6.07) is 9.57. The van der Waals surface area contributed by atoms with Crippen LogP contribution < -0.4 is 0 Å². The minimum absolute atomic E-state index is 0.0327. The SMILES string of the molecule is Cc1cc(CS(=O)(=O)c2ncc(-c3ccccc3)n2CC(F)(F)F)on1. The Bertz CT molecular complexity index is 1010. The maximum atomic E-state index is 13.0. The summed E-state index contributed by atoms with van der Waals surface area (Å²) in [5.74, 6) is -0.595. The summed E-state index contributed by atoms with van der Waals surface area (Å²) in [4.78, 5) is 3.76. The topological polar surface area (TPSA) is 78.0 Å². The zero-order chi connectivity index (χ0) is 18.9. The smallest absolute Gasteiger partial charge is 0.360 e. The van der Waals surface area contributed by atoms with Gasteiger partial charge in [-0.2, -0.15) is 13.2 Å². The van der Waals surface area contributed by atoms with Crippen LogP contribution in [0.15, 0.2) is 52.3 Å². The number of aromatic nitrogens is 3. The van der Waals surface area contributed by atoms with Gasteiger partial charge in [0.2, 0.25) is 15.0 Å². The van der Waals surface area contributed by atoms with Gasteiger partial charge in [0.25, 0.3) is 0 Å². The monoisotopic (exact) mass is 385 g/mol. The van der Waals surface area contributed by atoms with Crippen molar-refractivity contribution in [1.29, 1.82) is 0 Å². The Balaban J connectivity index is 2.07. The molecule has 0 aliphatic carbocycles. The number of hydrogen-bond acceptors (Lipinski definition) is 5. The molecule has 10 heteroatoms. The molecule has 138 valence electrons. The lowest BCUT2D eigenvalue weighted by atomic mass is 10.2. The zero-order valence-corrected chi connectivity index (χ0v) is 14.4. The van der Waals surface area contributed by atoms with E-state index in [0.717, 1.165) is 6.20 Å². The van der Waals surface area contributed by atoms with Crippen LogP contribution in [0, 0.1) is 6.92 Å². The molecule has 0 unspecified atom stereocenters. The van der Waals surface area contributed by atoms with Crippen molar-refractivity contribution in [2.45, 2.75) is 30.6 Å². The Morgan fingerprint density at radius 1 is 1.19 bits per heavy atom. The predicted octanol–water partition coefficient (Wildman–Crippen LogP) is 3.38. The molecule has 3 rings (SSSR count). The highest BCUT2D eigenvalue weighted by atomic mass is 32.2. The summed E-state index contributed by atoms with van der Waals surface area (Å²) in [5, 5.41) is 2.92. The molecule has 1 aromatic carbocycles. The van der Waals surface area contributed by atoms with Crippen LogP contribution in [-0.4, -0.2) is 29.3 Å². The molecule has 0 radical (unpaired) electrons. The van der Waals surface area contributed by atoms with Gasteiger partial charge in [0.15, 0.2) is 5.76 Å². The maximum absolute atomic E-state index is 13.0. The summed E-state index contributed by atoms with van der Waals surface area (Å²) in [7, 11) is -4.17. The van der Waals surface area contributed by atoms with Gasteiger partial charge < -0.3 is 9.09 Å². The third-order valence-electron chi connectivity index (χ3n) is 3.51. The molecule has 0 aliphatic rings. The normalized spacial score (nSPS) is 12.5. The standard InChI is InChI=1S/C16H14F3N3O3S/c1-11-7-13(25-21-11)9-26(23,24)15-20-8-14(12-5-3-2-4-6-12)22(15)10-16(17,18)19/h2-8H,9-10H2,1H3. The van der Waals surface area contributed by atoms with Crippen LogP contribution in [0.2, 0.25) is 0 Å². The van der Waals surface area contributed by atoms with E-state index in [1.54, 1.807) is 37.3 Å². The van der Waals surface area contributed by atoms with Crippen LogP contribution in [-0.2, 0) is 22.1 Å². The highest BCUT2D eigenvalue weighted by Gasteiger charge is 2.34. The molecule has 2 aromatic heterocycles. The number of nitrogens with zero attached hydrogens (tertiary/aromatic N) is 3. The third kappa shape index (κ3) is 3.96. The number of halogens is 3. The molecule has 0 amide bonds. The fraction of sp³-hybridized carbons (Fsp3) is 0.250. The highest BCUT2D eigenvalue weighted by Crippen LogP contribution is 2.29. The van der Waals surface area contributed by atoms with E-state index in [9.17, 15) is 21.6 Å². The second kappa shape index (κ2) is 6.60. The molecule has 0 saturated heterocycles. The van der Waals surface area contributed by atoms with E-state index in [1.807, 2.05) is 0 Å². The second-order valence-corrected chi connectivity index (χ2v) is 7.57. The molecule has 0 bridgehead atoms. The second-order valence-electron chi connectivity index (χ2n) is 5.69. The summed E-state index contributed by atoms with van der Waals surface area (Å²) in [6.07, 6.45) is -3.49. The van der Waals surface area contributed by atoms with Gasteiger partial charge in [0, 0.05) is 6.07 Å². The first kappa shape index (κ1) is 18.2. The number of aryl methyl sites for hydroxylation is 1. The number of benzene rings is 1. The number of rotatable bonds is 5. The number of sulfone groups is 1. The molecule has 0 saturated carbocycles. The van der Waals surface area contributed by atoms with Gasteiger partial charge >= 0.3 is 6.18 Å². The fourth-order valence-electron chi connectivity index (χ4n) is 2.51. The first-order valence-corrected chi connectivity index (χ1v) is 9.13. The van der Waals surface area contributed by atoms with E-state index in [2.05, 4.69) is 10.1 Å². The maximum Gasteiger partial charge on any atom is 0.406 e. The van der Waals surface area contributed by atoms with Crippen molar-refractivity contribution in [2.24, 2.45) is 0 Å². The molecular weight excluding hydrogens is 371 g/mol. The van der Waals surface area contributed by atoms with Crippen molar-refractivity contribution >= 4 is 9.84 Å². The van der Waals surface area contributed by atoms with E-state index < -0.39 is 33.5 Å². The fourth-order valence-corrected chi connectivity index (χ4v) is 3.87. The molecule has 0 N–H and O–H groups in total. The van der Waals surface area contributed by atoms with Crippen molar-refractivity contribution < 1.29 is 26.1 Å². The van der Waals surface area contributed by atoms with Crippen molar-refractivity contribution in [3.63, 3.8) is 0 Å². The lowest BCUT2D eigenvalue weighted by molar-refractivity contribution is -0.141. The quantitative estimate of drug-likeness (QED) is 0.673. The van der Waals surface area contributed by atoms with E-state index >= 15 is 0 Å². The Labute approximate surface area is 147 Å². The van der Waals surface area contributed by atoms with Crippen molar-refractivity contribution in [3.05, 3.63) is 54.0 Å². The number of alkyl halides is 3. The first-order chi connectivity index (χ1) is 12.2. The summed E-state index contributed by atoms with van der Waals surface area (Å²) in [6.45, 7) is 0.138. The third-order valence-corrected chi connectivity index (χ3v) is 5.06. The Morgan fingerprint density at radius 3 is 2.46 bits per heavy atom. The molecule has 0 atom stereocenters. The van der Waals surface area contributed by atoms with Crippen LogP contribution in [0.5, 0.6) is 0 Å². The molecule has 0 spiro atoms. The molecule has 26 heavy (non-hydrogen) atoms. The number of hydrogen-bond donors (Lipinski definition) is 0.